The normalized spacial score (nSPS) is 11.5. The molecule has 2 aromatic rings. The first-order valence-corrected chi connectivity index (χ1v) is 6.24. The van der Waals surface area contributed by atoms with Gasteiger partial charge in [0.05, 0.1) is 0 Å². The number of aromatic amines is 1. The van der Waals surface area contributed by atoms with Gasteiger partial charge in [0.15, 0.2) is 4.90 Å². The van der Waals surface area contributed by atoms with Crippen molar-refractivity contribution >= 4 is 16.0 Å². The van der Waals surface area contributed by atoms with Crippen LogP contribution in [0.4, 0.5) is 14.7 Å². The minimum absolute atomic E-state index is 0.282. The van der Waals surface area contributed by atoms with Gasteiger partial charge in [-0.2, -0.15) is 4.98 Å². The summed E-state index contributed by atoms with van der Waals surface area (Å²) in [4.78, 5) is 2.62. The summed E-state index contributed by atoms with van der Waals surface area (Å²) in [5.41, 5.74) is 0. The summed E-state index contributed by atoms with van der Waals surface area (Å²) in [6.07, 6.45) is 0. The van der Waals surface area contributed by atoms with Gasteiger partial charge in [0.1, 0.15) is 17.5 Å². The fourth-order valence-electron chi connectivity index (χ4n) is 1.30. The number of rotatable bonds is 3. The van der Waals surface area contributed by atoms with E-state index >= 15 is 0 Å². The van der Waals surface area contributed by atoms with Crippen LogP contribution in [0.25, 0.3) is 0 Å². The molecule has 2 N–H and O–H groups in total. The Morgan fingerprint density at radius 3 is 2.39 bits per heavy atom. The highest BCUT2D eigenvalue weighted by Gasteiger charge is 2.24. The molecule has 0 amide bonds. The number of anilines is 1. The van der Waals surface area contributed by atoms with Crippen LogP contribution in [0.3, 0.4) is 0 Å². The summed E-state index contributed by atoms with van der Waals surface area (Å²) in [6, 6.07) is 2.77. The molecule has 0 aliphatic heterocycles. The minimum Gasteiger partial charge on any atom is -0.261 e. The highest BCUT2D eigenvalue weighted by Crippen LogP contribution is 2.20. The number of halogens is 2. The molecule has 9 heteroatoms. The van der Waals surface area contributed by atoms with E-state index in [-0.39, 0.29) is 5.95 Å². The fourth-order valence-corrected chi connectivity index (χ4v) is 2.38. The van der Waals surface area contributed by atoms with Gasteiger partial charge in [-0.05, 0) is 19.1 Å². The van der Waals surface area contributed by atoms with E-state index in [1.54, 1.807) is 6.92 Å². The third-order valence-electron chi connectivity index (χ3n) is 2.01. The SMILES string of the molecule is Cc1nc(NS(=O)(=O)c2c(F)cccc2F)n[nH]1. The van der Waals surface area contributed by atoms with Gasteiger partial charge in [-0.3, -0.25) is 5.10 Å². The van der Waals surface area contributed by atoms with E-state index in [2.05, 4.69) is 15.2 Å². The summed E-state index contributed by atoms with van der Waals surface area (Å²) < 4.78 is 52.1. The van der Waals surface area contributed by atoms with Crippen molar-refractivity contribution in [1.29, 1.82) is 0 Å². The number of hydrogen-bond acceptors (Lipinski definition) is 4. The molecule has 1 aromatic carbocycles. The number of nitrogens with one attached hydrogen (secondary N) is 2. The molecule has 0 atom stereocenters. The van der Waals surface area contributed by atoms with Crippen LogP contribution in [0.1, 0.15) is 5.82 Å². The van der Waals surface area contributed by atoms with Crippen LogP contribution in [0, 0.1) is 18.6 Å². The first-order chi connectivity index (χ1) is 8.40. The average molecular weight is 274 g/mol. The van der Waals surface area contributed by atoms with Crippen molar-refractivity contribution in [2.24, 2.45) is 0 Å². The Hall–Kier alpha value is -2.03. The predicted octanol–water partition coefficient (Wildman–Crippen LogP) is 1.19. The van der Waals surface area contributed by atoms with Crippen LogP contribution in [0.15, 0.2) is 23.1 Å². The van der Waals surface area contributed by atoms with E-state index in [4.69, 9.17) is 0 Å². The Morgan fingerprint density at radius 2 is 1.89 bits per heavy atom. The maximum absolute atomic E-state index is 13.3. The summed E-state index contributed by atoms with van der Waals surface area (Å²) in [6.45, 7) is 1.55. The van der Waals surface area contributed by atoms with Gasteiger partial charge in [-0.15, -0.1) is 5.10 Å². The molecule has 0 unspecified atom stereocenters. The zero-order valence-corrected chi connectivity index (χ0v) is 9.92. The standard InChI is InChI=1S/C9H8F2N4O2S/c1-5-12-9(14-13-5)15-18(16,17)8-6(10)3-2-4-7(8)11/h2-4H,1H3,(H2,12,13,14,15). The number of nitrogens with zero attached hydrogens (tertiary/aromatic N) is 2. The van der Waals surface area contributed by atoms with E-state index in [1.807, 2.05) is 4.72 Å². The molecule has 0 bridgehead atoms. The summed E-state index contributed by atoms with van der Waals surface area (Å²) >= 11 is 0. The zero-order chi connectivity index (χ0) is 13.3. The molecule has 1 aromatic heterocycles. The van der Waals surface area contributed by atoms with Gasteiger partial charge < -0.3 is 0 Å². The van der Waals surface area contributed by atoms with E-state index in [9.17, 15) is 17.2 Å². The van der Waals surface area contributed by atoms with Crippen LogP contribution in [0.2, 0.25) is 0 Å². The number of hydrogen-bond donors (Lipinski definition) is 2. The van der Waals surface area contributed by atoms with Crippen molar-refractivity contribution in [1.82, 2.24) is 15.2 Å². The quantitative estimate of drug-likeness (QED) is 0.880. The third-order valence-corrected chi connectivity index (χ3v) is 3.39. The lowest BCUT2D eigenvalue weighted by atomic mass is 10.3. The number of aromatic nitrogens is 3. The Kier molecular flexibility index (Phi) is 2.99. The van der Waals surface area contributed by atoms with E-state index in [0.717, 1.165) is 18.2 Å². The summed E-state index contributed by atoms with van der Waals surface area (Å²) in [5.74, 6) is -2.29. The molecular formula is C9H8F2N4O2S. The number of H-pyrrole nitrogens is 1. The lowest BCUT2D eigenvalue weighted by Crippen LogP contribution is -2.17. The van der Waals surface area contributed by atoms with Gasteiger partial charge >= 0.3 is 0 Å². The molecule has 6 nitrogen and oxygen atoms in total. The monoisotopic (exact) mass is 274 g/mol. The van der Waals surface area contributed by atoms with E-state index < -0.39 is 26.6 Å². The lowest BCUT2D eigenvalue weighted by molar-refractivity contribution is 0.521. The van der Waals surface area contributed by atoms with Gasteiger partial charge in [0, 0.05) is 0 Å². The summed E-state index contributed by atoms with van der Waals surface area (Å²) in [7, 11) is -4.41. The van der Waals surface area contributed by atoms with Crippen molar-refractivity contribution in [3.63, 3.8) is 0 Å². The van der Waals surface area contributed by atoms with Gasteiger partial charge in [0.25, 0.3) is 16.0 Å². The number of aryl methyl sites for hydroxylation is 1. The largest absolute Gasteiger partial charge is 0.270 e. The smallest absolute Gasteiger partial charge is 0.261 e. The van der Waals surface area contributed by atoms with Crippen LogP contribution >= 0.6 is 0 Å². The average Bonchev–Trinajstić information content (AvgIpc) is 2.62. The number of benzene rings is 1. The van der Waals surface area contributed by atoms with Crippen LogP contribution in [0.5, 0.6) is 0 Å². The Labute approximate surface area is 101 Å². The van der Waals surface area contributed by atoms with Gasteiger partial charge in [-0.1, -0.05) is 6.07 Å². The fraction of sp³-hybridized carbons (Fsp3) is 0.111. The second-order valence-corrected chi connectivity index (χ2v) is 5.02. The Bertz CT molecular complexity index is 663. The molecule has 0 fully saturated rings. The first kappa shape index (κ1) is 12.4. The van der Waals surface area contributed by atoms with Crippen LogP contribution in [-0.4, -0.2) is 23.6 Å². The molecule has 0 saturated heterocycles. The van der Waals surface area contributed by atoms with Crippen molar-refractivity contribution < 1.29 is 17.2 Å². The van der Waals surface area contributed by atoms with Crippen molar-refractivity contribution in [2.75, 3.05) is 4.72 Å². The van der Waals surface area contributed by atoms with E-state index in [0.29, 0.717) is 5.82 Å². The Balaban J connectivity index is 2.43. The highest BCUT2D eigenvalue weighted by molar-refractivity contribution is 7.92. The molecule has 1 heterocycles. The maximum atomic E-state index is 13.3. The van der Waals surface area contributed by atoms with Gasteiger partial charge in [0.2, 0.25) is 0 Å². The zero-order valence-electron chi connectivity index (χ0n) is 9.11. The third kappa shape index (κ3) is 2.30. The summed E-state index contributed by atoms with van der Waals surface area (Å²) in [5, 5.41) is 5.91. The predicted molar refractivity (Wildman–Crippen MR) is 58.3 cm³/mol. The molecule has 96 valence electrons. The lowest BCUT2D eigenvalue weighted by Gasteiger charge is -2.06. The second-order valence-electron chi connectivity index (χ2n) is 3.40. The molecule has 0 aliphatic carbocycles. The highest BCUT2D eigenvalue weighted by atomic mass is 32.2. The number of sulfonamides is 1. The molecule has 0 spiro atoms. The van der Waals surface area contributed by atoms with Crippen molar-refractivity contribution in [3.8, 4) is 0 Å². The first-order valence-electron chi connectivity index (χ1n) is 4.76. The van der Waals surface area contributed by atoms with Crippen LogP contribution in [-0.2, 0) is 10.0 Å². The molecule has 0 radical (unpaired) electrons. The van der Waals surface area contributed by atoms with Gasteiger partial charge in [-0.25, -0.2) is 21.9 Å². The maximum Gasteiger partial charge on any atom is 0.270 e. The molecule has 2 rings (SSSR count). The molecule has 18 heavy (non-hydrogen) atoms. The minimum atomic E-state index is -4.41. The Morgan fingerprint density at radius 1 is 1.28 bits per heavy atom. The molecular weight excluding hydrogens is 266 g/mol. The van der Waals surface area contributed by atoms with Crippen molar-refractivity contribution in [2.45, 2.75) is 11.8 Å². The molecule has 0 aliphatic rings. The van der Waals surface area contributed by atoms with E-state index in [1.165, 1.54) is 0 Å². The van der Waals surface area contributed by atoms with Crippen molar-refractivity contribution in [3.05, 3.63) is 35.7 Å². The second kappa shape index (κ2) is 4.33. The molecule has 0 saturated carbocycles. The topological polar surface area (TPSA) is 87.7 Å². The van der Waals surface area contributed by atoms with Crippen LogP contribution < -0.4 is 4.72 Å².